The molecule has 0 aliphatic rings. The summed E-state index contributed by atoms with van der Waals surface area (Å²) in [5, 5.41) is 23.3. The van der Waals surface area contributed by atoms with Gasteiger partial charge in [0.1, 0.15) is 0 Å². The summed E-state index contributed by atoms with van der Waals surface area (Å²) in [5.41, 5.74) is 0. The van der Waals surface area contributed by atoms with Gasteiger partial charge in [0.15, 0.2) is 0 Å². The van der Waals surface area contributed by atoms with Crippen LogP contribution in [0.4, 0.5) is 0 Å². The minimum atomic E-state index is -0.843. The van der Waals surface area contributed by atoms with Crippen LogP contribution in [-0.4, -0.2) is 47.4 Å². The smallest absolute Gasteiger partial charge is 0.305 e. The molecule has 0 aliphatic heterocycles. The summed E-state index contributed by atoms with van der Waals surface area (Å²) in [7, 11) is 0. The zero-order valence-electron chi connectivity index (χ0n) is 56.5. The molecule has 0 radical (unpaired) electrons. The van der Waals surface area contributed by atoms with E-state index >= 15 is 0 Å². The Labute approximate surface area is 520 Å². The number of carbonyl (C=O) groups excluding carboxylic acids is 2. The number of hydrogen-bond acceptors (Lipinski definition) is 5. The fourth-order valence-electron chi connectivity index (χ4n) is 12.2. The van der Waals surface area contributed by atoms with E-state index in [1.165, 1.54) is 360 Å². The van der Waals surface area contributed by atoms with Crippen molar-refractivity contribution in [2.24, 2.45) is 0 Å². The summed E-state index contributed by atoms with van der Waals surface area (Å²) in [5.74, 6) is -0.0468. The van der Waals surface area contributed by atoms with Crippen LogP contribution < -0.4 is 5.32 Å². The molecule has 6 nitrogen and oxygen atoms in total. The van der Waals surface area contributed by atoms with Gasteiger partial charge in [0, 0.05) is 12.8 Å². The normalized spacial score (nSPS) is 12.6. The highest BCUT2D eigenvalue weighted by Crippen LogP contribution is 2.20. The summed E-state index contributed by atoms with van der Waals surface area (Å²) in [6.07, 6.45) is 92.8. The number of nitrogens with one attached hydrogen (secondary N) is 1. The zero-order chi connectivity index (χ0) is 59.9. The molecule has 2 unspecified atom stereocenters. The Morgan fingerprint density at radius 1 is 0.325 bits per heavy atom. The first kappa shape index (κ1) is 81.3. The van der Waals surface area contributed by atoms with Crippen molar-refractivity contribution >= 4 is 11.9 Å². The molecule has 0 aromatic carbocycles. The average Bonchev–Trinajstić information content (AvgIpc) is 3.49. The molecule has 0 aliphatic carbocycles. The third kappa shape index (κ3) is 69.3. The van der Waals surface area contributed by atoms with Crippen molar-refractivity contribution in [1.82, 2.24) is 5.32 Å². The van der Waals surface area contributed by atoms with E-state index in [1.54, 1.807) is 6.08 Å². The fourth-order valence-corrected chi connectivity index (χ4v) is 12.2. The second-order valence-electron chi connectivity index (χ2n) is 26.3. The maximum absolute atomic E-state index is 12.5. The van der Waals surface area contributed by atoms with Crippen molar-refractivity contribution in [3.63, 3.8) is 0 Å². The van der Waals surface area contributed by atoms with Gasteiger partial charge < -0.3 is 20.3 Å². The minimum Gasteiger partial charge on any atom is -0.466 e. The van der Waals surface area contributed by atoms with E-state index in [-0.39, 0.29) is 18.5 Å². The number of ether oxygens (including phenoxy) is 1. The number of aliphatic hydroxyl groups is 2. The number of hydrogen-bond donors (Lipinski definition) is 3. The Morgan fingerprint density at radius 2 is 0.566 bits per heavy atom. The summed E-state index contributed by atoms with van der Waals surface area (Å²) < 4.78 is 5.50. The van der Waals surface area contributed by atoms with Crippen LogP contribution in [0.1, 0.15) is 431 Å². The van der Waals surface area contributed by atoms with E-state index in [4.69, 9.17) is 4.74 Å². The molecule has 0 aromatic rings. The second kappa shape index (κ2) is 72.8. The molecule has 0 saturated heterocycles. The predicted octanol–water partition coefficient (Wildman–Crippen LogP) is 24.9. The van der Waals surface area contributed by atoms with E-state index in [0.29, 0.717) is 19.4 Å². The highest BCUT2D eigenvalue weighted by molar-refractivity contribution is 5.76. The molecule has 0 bridgehead atoms. The molecule has 6 heteroatoms. The van der Waals surface area contributed by atoms with Crippen LogP contribution in [-0.2, 0) is 14.3 Å². The lowest BCUT2D eigenvalue weighted by atomic mass is 10.0. The van der Waals surface area contributed by atoms with Gasteiger partial charge in [-0.3, -0.25) is 9.59 Å². The fraction of sp³-hybridized carbons (Fsp3) is 0.922. The Morgan fingerprint density at radius 3 is 0.855 bits per heavy atom. The number of allylic oxidation sites excluding steroid dienone is 3. The first-order valence-corrected chi connectivity index (χ1v) is 38.1. The zero-order valence-corrected chi connectivity index (χ0v) is 56.5. The molecule has 0 heterocycles. The van der Waals surface area contributed by atoms with Crippen molar-refractivity contribution < 1.29 is 24.5 Å². The Bertz CT molecular complexity index is 1300. The molecule has 2 atom stereocenters. The summed E-state index contributed by atoms with van der Waals surface area (Å²) in [6, 6.07) is -0.626. The third-order valence-electron chi connectivity index (χ3n) is 18.0. The number of rotatable bonds is 72. The maximum atomic E-state index is 12.5. The van der Waals surface area contributed by atoms with E-state index in [2.05, 4.69) is 31.3 Å². The Hall–Kier alpha value is -1.66. The van der Waals surface area contributed by atoms with Crippen molar-refractivity contribution in [3.05, 3.63) is 24.3 Å². The van der Waals surface area contributed by atoms with Crippen molar-refractivity contribution in [1.29, 1.82) is 0 Å². The Kier molecular flexibility index (Phi) is 71.4. The number of carbonyl (C=O) groups is 2. The highest BCUT2D eigenvalue weighted by Gasteiger charge is 2.18. The van der Waals surface area contributed by atoms with Crippen LogP contribution in [0.5, 0.6) is 0 Å². The van der Waals surface area contributed by atoms with Crippen LogP contribution in [0, 0.1) is 0 Å². The van der Waals surface area contributed by atoms with Gasteiger partial charge in [-0.15, -0.1) is 0 Å². The number of esters is 1. The standard InChI is InChI=1S/C77H149NO5/c1-3-5-7-9-11-13-15-17-19-20-21-32-35-38-42-45-49-53-57-61-65-69-75(80)74(73-79)78-76(81)70-66-62-58-54-50-46-43-39-36-33-30-28-26-24-22-23-25-27-29-31-34-37-40-44-48-52-56-60-64-68-72-83-77(82)71-67-63-59-55-51-47-41-18-16-14-12-10-8-6-4-2/h18,41,65,69,74-75,79-80H,3-17,19-40,42-64,66-68,70-73H2,1-2H3,(H,78,81)/b41-18-,69-65+. The lowest BCUT2D eigenvalue weighted by Gasteiger charge is -2.20. The van der Waals surface area contributed by atoms with Gasteiger partial charge >= 0.3 is 5.97 Å². The van der Waals surface area contributed by atoms with Crippen LogP contribution in [0.2, 0.25) is 0 Å². The maximum Gasteiger partial charge on any atom is 0.305 e. The lowest BCUT2D eigenvalue weighted by molar-refractivity contribution is -0.143. The van der Waals surface area contributed by atoms with E-state index < -0.39 is 12.1 Å². The van der Waals surface area contributed by atoms with E-state index in [0.717, 1.165) is 44.9 Å². The van der Waals surface area contributed by atoms with Crippen molar-refractivity contribution in [2.75, 3.05) is 13.2 Å². The summed E-state index contributed by atoms with van der Waals surface area (Å²) >= 11 is 0. The number of amides is 1. The van der Waals surface area contributed by atoms with Crippen LogP contribution in [0.25, 0.3) is 0 Å². The molecular weight excluding hydrogens is 1020 g/mol. The molecule has 1 amide bonds. The molecule has 0 aromatic heterocycles. The molecular formula is C77H149NO5. The van der Waals surface area contributed by atoms with Gasteiger partial charge in [-0.2, -0.15) is 0 Å². The van der Waals surface area contributed by atoms with Crippen LogP contribution >= 0.6 is 0 Å². The molecule has 0 rings (SSSR count). The molecule has 0 saturated carbocycles. The average molecular weight is 1170 g/mol. The van der Waals surface area contributed by atoms with E-state index in [9.17, 15) is 19.8 Å². The minimum absolute atomic E-state index is 0.0127. The van der Waals surface area contributed by atoms with E-state index in [1.807, 2.05) is 6.08 Å². The summed E-state index contributed by atoms with van der Waals surface area (Å²) in [4.78, 5) is 24.6. The molecule has 0 fully saturated rings. The first-order valence-electron chi connectivity index (χ1n) is 38.1. The third-order valence-corrected chi connectivity index (χ3v) is 18.0. The van der Waals surface area contributed by atoms with Crippen molar-refractivity contribution in [2.45, 2.75) is 443 Å². The summed E-state index contributed by atoms with van der Waals surface area (Å²) in [6.45, 7) is 4.94. The number of unbranched alkanes of at least 4 members (excludes halogenated alkanes) is 59. The first-order chi connectivity index (χ1) is 41.0. The molecule has 0 spiro atoms. The Balaban J connectivity index is 3.36. The highest BCUT2D eigenvalue weighted by atomic mass is 16.5. The SMILES string of the molecule is CCCCCCCC/C=C\CCCCCCCC(=O)OCCCCCCCCCCCCCCCCCCCCCCCCCCCCCCCCC(=O)NC(CO)C(O)/C=C/CCCCCCCCCCCCCCCCCCCCC. The topological polar surface area (TPSA) is 95.9 Å². The van der Waals surface area contributed by atoms with Gasteiger partial charge in [-0.05, 0) is 57.8 Å². The van der Waals surface area contributed by atoms with Crippen LogP contribution in [0.3, 0.4) is 0 Å². The van der Waals surface area contributed by atoms with Gasteiger partial charge in [0.2, 0.25) is 5.91 Å². The van der Waals surface area contributed by atoms with Gasteiger partial charge in [0.05, 0.1) is 25.4 Å². The lowest BCUT2D eigenvalue weighted by Crippen LogP contribution is -2.45. The molecule has 492 valence electrons. The van der Waals surface area contributed by atoms with Gasteiger partial charge in [0.25, 0.3) is 0 Å². The quantitative estimate of drug-likeness (QED) is 0.0320. The van der Waals surface area contributed by atoms with Crippen LogP contribution in [0.15, 0.2) is 24.3 Å². The largest absolute Gasteiger partial charge is 0.466 e. The molecule has 3 N–H and O–H groups in total. The van der Waals surface area contributed by atoms with Gasteiger partial charge in [-0.1, -0.05) is 385 Å². The van der Waals surface area contributed by atoms with Gasteiger partial charge in [-0.25, -0.2) is 0 Å². The number of aliphatic hydroxyl groups excluding tert-OH is 2. The van der Waals surface area contributed by atoms with Crippen molar-refractivity contribution in [3.8, 4) is 0 Å². The monoisotopic (exact) mass is 1170 g/mol. The second-order valence-corrected chi connectivity index (χ2v) is 26.3. The predicted molar refractivity (Wildman–Crippen MR) is 366 cm³/mol. The molecule has 83 heavy (non-hydrogen) atoms.